The molecule has 0 aromatic carbocycles. The SMILES string of the molecule is CCCCCCCCCCCCCCCC(CC)ON(OCCC)C(=O)CCN1C=CSC1.I. The van der Waals surface area contributed by atoms with E-state index in [0.717, 1.165) is 31.6 Å². The minimum atomic E-state index is -0.0856. The number of rotatable bonds is 23. The molecule has 0 fully saturated rings. The predicted octanol–water partition coefficient (Wildman–Crippen LogP) is 8.83. The number of carbonyl (C=O) groups excluding carboxylic acids is 1. The maximum atomic E-state index is 12.7. The van der Waals surface area contributed by atoms with Gasteiger partial charge in [-0.25, -0.2) is 9.68 Å². The molecule has 34 heavy (non-hydrogen) atoms. The van der Waals surface area contributed by atoms with Gasteiger partial charge in [-0.1, -0.05) is 109 Å². The molecule has 1 amide bonds. The molecule has 0 radical (unpaired) electrons. The van der Waals surface area contributed by atoms with Crippen molar-refractivity contribution in [1.29, 1.82) is 0 Å². The van der Waals surface area contributed by atoms with E-state index in [1.54, 1.807) is 11.8 Å². The summed E-state index contributed by atoms with van der Waals surface area (Å²) in [6.07, 6.45) is 22.9. The third-order valence-corrected chi connectivity index (χ3v) is 6.96. The van der Waals surface area contributed by atoms with Gasteiger partial charge in [0.05, 0.1) is 18.6 Å². The third-order valence-electron chi connectivity index (χ3n) is 6.17. The predicted molar refractivity (Wildman–Crippen MR) is 157 cm³/mol. The Balaban J connectivity index is 0.0000109. The van der Waals surface area contributed by atoms with Gasteiger partial charge in [0.1, 0.15) is 0 Å². The van der Waals surface area contributed by atoms with Crippen LogP contribution >= 0.6 is 35.7 Å². The molecule has 0 saturated heterocycles. The Morgan fingerprint density at radius 2 is 1.50 bits per heavy atom. The van der Waals surface area contributed by atoms with E-state index in [-0.39, 0.29) is 36.0 Å². The van der Waals surface area contributed by atoms with E-state index in [0.29, 0.717) is 19.6 Å². The van der Waals surface area contributed by atoms with Crippen LogP contribution in [0.4, 0.5) is 0 Å². The Morgan fingerprint density at radius 3 is 2.00 bits per heavy atom. The van der Waals surface area contributed by atoms with Gasteiger partial charge >= 0.3 is 0 Å². The molecule has 0 aromatic heterocycles. The topological polar surface area (TPSA) is 42.0 Å². The Bertz CT molecular complexity index is 496. The number of hydroxylamine groups is 2. The number of nitrogens with zero attached hydrogens (tertiary/aromatic N) is 2. The zero-order chi connectivity index (χ0) is 24.0. The fourth-order valence-corrected chi connectivity index (χ4v) is 4.72. The van der Waals surface area contributed by atoms with Gasteiger partial charge in [-0.3, -0.25) is 4.79 Å². The summed E-state index contributed by atoms with van der Waals surface area (Å²) in [5.41, 5.74) is 0. The third kappa shape index (κ3) is 18.3. The highest BCUT2D eigenvalue weighted by Crippen LogP contribution is 2.18. The number of halogens is 1. The molecule has 5 nitrogen and oxygen atoms in total. The average Bonchev–Trinajstić information content (AvgIpc) is 3.35. The van der Waals surface area contributed by atoms with Crippen molar-refractivity contribution in [2.45, 2.75) is 136 Å². The van der Waals surface area contributed by atoms with Gasteiger partial charge in [-0.2, -0.15) is 0 Å². The quantitative estimate of drug-likeness (QED) is 0.0655. The summed E-state index contributed by atoms with van der Waals surface area (Å²) in [5.74, 6) is 0.832. The molecule has 1 atom stereocenters. The number of unbranched alkanes of at least 4 members (excludes halogenated alkanes) is 12. The summed E-state index contributed by atoms with van der Waals surface area (Å²) in [5, 5.41) is 3.25. The molecule has 1 aliphatic rings. The second-order valence-electron chi connectivity index (χ2n) is 9.29. The maximum Gasteiger partial charge on any atom is 0.275 e. The van der Waals surface area contributed by atoms with Gasteiger partial charge in [0.15, 0.2) is 0 Å². The molecule has 0 bridgehead atoms. The van der Waals surface area contributed by atoms with Crippen LogP contribution in [0.15, 0.2) is 11.6 Å². The normalized spacial score (nSPS) is 13.8. The van der Waals surface area contributed by atoms with Crippen molar-refractivity contribution < 1.29 is 14.5 Å². The first-order valence-corrected chi connectivity index (χ1v) is 14.9. The molecular weight excluding hydrogens is 559 g/mol. The molecule has 0 aliphatic carbocycles. The number of thioether (sulfide) groups is 1. The number of hydrogen-bond donors (Lipinski definition) is 0. The lowest BCUT2D eigenvalue weighted by molar-refractivity contribution is -0.360. The van der Waals surface area contributed by atoms with Gasteiger partial charge < -0.3 is 4.90 Å². The van der Waals surface area contributed by atoms with Crippen LogP contribution in [0.1, 0.15) is 130 Å². The van der Waals surface area contributed by atoms with E-state index in [2.05, 4.69) is 24.2 Å². The highest BCUT2D eigenvalue weighted by Gasteiger charge is 2.21. The highest BCUT2D eigenvalue weighted by molar-refractivity contribution is 14.0. The molecule has 0 saturated carbocycles. The molecule has 1 unspecified atom stereocenters. The molecule has 1 heterocycles. The summed E-state index contributed by atoms with van der Waals surface area (Å²) in [6, 6.07) is 0. The Morgan fingerprint density at radius 1 is 0.912 bits per heavy atom. The molecule has 0 spiro atoms. The summed E-state index contributed by atoms with van der Waals surface area (Å²) in [4.78, 5) is 26.5. The van der Waals surface area contributed by atoms with Crippen LogP contribution in [0.3, 0.4) is 0 Å². The zero-order valence-corrected chi connectivity index (χ0v) is 25.5. The minimum Gasteiger partial charge on any atom is -0.367 e. The van der Waals surface area contributed by atoms with E-state index in [1.807, 2.05) is 13.1 Å². The van der Waals surface area contributed by atoms with Crippen molar-refractivity contribution in [2.24, 2.45) is 0 Å². The summed E-state index contributed by atoms with van der Waals surface area (Å²) in [6.45, 7) is 7.65. The van der Waals surface area contributed by atoms with Crippen molar-refractivity contribution >= 4 is 41.6 Å². The first-order chi connectivity index (χ1) is 16.2. The Labute approximate surface area is 232 Å². The maximum absolute atomic E-state index is 12.7. The largest absolute Gasteiger partial charge is 0.367 e. The number of carbonyl (C=O) groups is 1. The van der Waals surface area contributed by atoms with Crippen molar-refractivity contribution in [3.05, 3.63) is 11.6 Å². The Hall–Kier alpha value is 0.01000. The van der Waals surface area contributed by atoms with Crippen LogP contribution < -0.4 is 0 Å². The van der Waals surface area contributed by atoms with Crippen LogP contribution in [0.25, 0.3) is 0 Å². The first-order valence-electron chi connectivity index (χ1n) is 13.9. The van der Waals surface area contributed by atoms with Crippen LogP contribution in [0.5, 0.6) is 0 Å². The van der Waals surface area contributed by atoms with Crippen LogP contribution in [-0.2, 0) is 14.5 Å². The lowest BCUT2D eigenvalue weighted by Crippen LogP contribution is -2.37. The van der Waals surface area contributed by atoms with E-state index < -0.39 is 0 Å². The van der Waals surface area contributed by atoms with Gasteiger partial charge in [-0.15, -0.1) is 35.7 Å². The van der Waals surface area contributed by atoms with Gasteiger partial charge in [0.25, 0.3) is 5.91 Å². The molecule has 1 rings (SSSR count). The monoisotopic (exact) mass is 612 g/mol. The smallest absolute Gasteiger partial charge is 0.275 e. The van der Waals surface area contributed by atoms with E-state index >= 15 is 0 Å². The fraction of sp³-hybridized carbons (Fsp3) is 0.889. The van der Waals surface area contributed by atoms with Crippen LogP contribution in [-0.4, -0.2) is 41.2 Å². The van der Waals surface area contributed by atoms with Crippen molar-refractivity contribution in [3.63, 3.8) is 0 Å². The zero-order valence-electron chi connectivity index (χ0n) is 22.3. The van der Waals surface area contributed by atoms with Crippen LogP contribution in [0, 0.1) is 0 Å². The second-order valence-corrected chi connectivity index (χ2v) is 10.2. The highest BCUT2D eigenvalue weighted by atomic mass is 127. The van der Waals surface area contributed by atoms with Gasteiger partial charge in [0.2, 0.25) is 0 Å². The molecule has 0 N–H and O–H groups in total. The standard InChI is InChI=1S/C27H52N2O3S.HI/c1-4-7-8-9-10-11-12-13-14-15-16-17-18-19-26(6-3)32-29(31-23-5-2)27(30)20-21-28-22-24-33-25-28;/h22,24,26H,4-21,23,25H2,1-3H3;1H. The average molecular weight is 613 g/mol. The fourth-order valence-electron chi connectivity index (χ4n) is 3.97. The lowest BCUT2D eigenvalue weighted by atomic mass is 10.0. The van der Waals surface area contributed by atoms with Gasteiger partial charge in [-0.05, 0) is 24.7 Å². The first kappa shape index (κ1) is 34.0. The van der Waals surface area contributed by atoms with Crippen LogP contribution in [0.2, 0.25) is 0 Å². The molecule has 7 heteroatoms. The second kappa shape index (κ2) is 24.7. The molecular formula is C27H53IN2O3S. The molecule has 0 aromatic rings. The van der Waals surface area contributed by atoms with Crippen molar-refractivity contribution in [3.8, 4) is 0 Å². The van der Waals surface area contributed by atoms with E-state index in [9.17, 15) is 4.79 Å². The minimum absolute atomic E-state index is 0. The van der Waals surface area contributed by atoms with Crippen molar-refractivity contribution in [1.82, 2.24) is 10.1 Å². The van der Waals surface area contributed by atoms with E-state index in [4.69, 9.17) is 9.68 Å². The Kier molecular flexibility index (Phi) is 24.7. The molecule has 1 aliphatic heterocycles. The summed E-state index contributed by atoms with van der Waals surface area (Å²) >= 11 is 1.75. The lowest BCUT2D eigenvalue weighted by Gasteiger charge is -2.26. The number of hydrogen-bond acceptors (Lipinski definition) is 5. The van der Waals surface area contributed by atoms with Gasteiger partial charge in [0, 0.05) is 19.2 Å². The number of amides is 1. The van der Waals surface area contributed by atoms with Crippen molar-refractivity contribution in [2.75, 3.05) is 19.0 Å². The van der Waals surface area contributed by atoms with E-state index in [1.165, 1.54) is 82.3 Å². The summed E-state index contributed by atoms with van der Waals surface area (Å²) < 4.78 is 0. The molecule has 202 valence electrons. The summed E-state index contributed by atoms with van der Waals surface area (Å²) in [7, 11) is 0.